The van der Waals surface area contributed by atoms with E-state index in [0.29, 0.717) is 16.5 Å². The Balaban J connectivity index is 2.09. The summed E-state index contributed by atoms with van der Waals surface area (Å²) in [7, 11) is 1.62. The van der Waals surface area contributed by atoms with Crippen LogP contribution in [0.15, 0.2) is 36.4 Å². The first-order valence-electron chi connectivity index (χ1n) is 6.26. The lowest BCUT2D eigenvalue weighted by Gasteiger charge is -2.13. The van der Waals surface area contributed by atoms with Gasteiger partial charge in [-0.15, -0.1) is 0 Å². The fraction of sp³-hybridized carbons (Fsp3) is 0.188. The molecule has 1 aliphatic carbocycles. The van der Waals surface area contributed by atoms with E-state index in [9.17, 15) is 4.79 Å². The number of hydrogen-bond acceptors (Lipinski definition) is 2. The van der Waals surface area contributed by atoms with Gasteiger partial charge in [0.2, 0.25) is 0 Å². The van der Waals surface area contributed by atoms with Crippen molar-refractivity contribution in [2.45, 2.75) is 12.3 Å². The number of carbonyl (C=O) groups is 1. The minimum absolute atomic E-state index is 0.0161. The number of hydrogen-bond donors (Lipinski definition) is 0. The molecule has 2 nitrogen and oxygen atoms in total. The second-order valence-corrected chi connectivity index (χ2v) is 5.62. The maximum Gasteiger partial charge on any atom is 0.164 e. The summed E-state index contributed by atoms with van der Waals surface area (Å²) in [6.45, 7) is 0. The van der Waals surface area contributed by atoms with Crippen molar-refractivity contribution in [2.24, 2.45) is 0 Å². The van der Waals surface area contributed by atoms with Crippen LogP contribution in [0.1, 0.15) is 33.8 Å². The number of rotatable bonds is 2. The van der Waals surface area contributed by atoms with Gasteiger partial charge in [0.05, 0.1) is 17.2 Å². The number of ether oxygens (including phenoxy) is 1. The Kier molecular flexibility index (Phi) is 3.45. The minimum atomic E-state index is 0.0161. The summed E-state index contributed by atoms with van der Waals surface area (Å²) in [4.78, 5) is 12.1. The van der Waals surface area contributed by atoms with E-state index in [1.165, 1.54) is 0 Å². The Morgan fingerprint density at radius 2 is 1.90 bits per heavy atom. The number of fused-ring (bicyclic) bond motifs is 1. The van der Waals surface area contributed by atoms with Gasteiger partial charge in [0.25, 0.3) is 0 Å². The largest absolute Gasteiger partial charge is 0.497 e. The number of carbonyl (C=O) groups excluding carboxylic acids is 1. The standard InChI is InChI=1S/C16H12Cl2O2/c1-20-10-3-4-11-13(7-10)12(8-16(11)19)9-2-5-14(17)15(18)6-9/h2-7,12H,8H2,1H3/t12-/m0/s1. The highest BCUT2D eigenvalue weighted by Gasteiger charge is 2.31. The monoisotopic (exact) mass is 306 g/mol. The SMILES string of the molecule is COc1ccc2c(c1)[C@H](c1ccc(Cl)c(Cl)c1)CC2=O. The van der Waals surface area contributed by atoms with Gasteiger partial charge >= 0.3 is 0 Å². The smallest absolute Gasteiger partial charge is 0.164 e. The summed E-state index contributed by atoms with van der Waals surface area (Å²) in [5.74, 6) is 0.921. The number of ketones is 1. The molecule has 3 rings (SSSR count). The summed E-state index contributed by atoms with van der Waals surface area (Å²) < 4.78 is 5.24. The Labute approximate surface area is 127 Å². The van der Waals surface area contributed by atoms with Gasteiger partial charge in [-0.1, -0.05) is 29.3 Å². The highest BCUT2D eigenvalue weighted by Crippen LogP contribution is 2.41. The van der Waals surface area contributed by atoms with Gasteiger partial charge in [-0.05, 0) is 41.5 Å². The molecule has 102 valence electrons. The molecular formula is C16H12Cl2O2. The van der Waals surface area contributed by atoms with Crippen LogP contribution in [0, 0.1) is 0 Å². The summed E-state index contributed by atoms with van der Waals surface area (Å²) >= 11 is 12.0. The number of Topliss-reactive ketones (excluding diaryl/α,β-unsaturated/α-hetero) is 1. The summed E-state index contributed by atoms with van der Waals surface area (Å²) in [5, 5.41) is 1.03. The molecule has 0 bridgehead atoms. The third kappa shape index (κ3) is 2.19. The van der Waals surface area contributed by atoms with Gasteiger partial charge in [0, 0.05) is 17.9 Å². The van der Waals surface area contributed by atoms with E-state index >= 15 is 0 Å². The van der Waals surface area contributed by atoms with Crippen molar-refractivity contribution < 1.29 is 9.53 Å². The number of benzene rings is 2. The number of halogens is 2. The molecule has 0 amide bonds. The number of methoxy groups -OCH3 is 1. The molecule has 0 radical (unpaired) electrons. The molecule has 0 saturated carbocycles. The van der Waals surface area contributed by atoms with Gasteiger partial charge in [0.1, 0.15) is 5.75 Å². The molecule has 2 aromatic rings. The molecule has 1 aliphatic rings. The van der Waals surface area contributed by atoms with Crippen molar-refractivity contribution >= 4 is 29.0 Å². The lowest BCUT2D eigenvalue weighted by atomic mass is 9.93. The normalized spacial score (nSPS) is 17.1. The molecule has 20 heavy (non-hydrogen) atoms. The second kappa shape index (κ2) is 5.12. The third-order valence-corrected chi connectivity index (χ3v) is 4.41. The summed E-state index contributed by atoms with van der Waals surface area (Å²) in [5.41, 5.74) is 2.76. The molecular weight excluding hydrogens is 295 g/mol. The van der Waals surface area contributed by atoms with Crippen LogP contribution in [-0.2, 0) is 0 Å². The van der Waals surface area contributed by atoms with Crippen molar-refractivity contribution in [2.75, 3.05) is 7.11 Å². The molecule has 2 aromatic carbocycles. The van der Waals surface area contributed by atoms with Crippen molar-refractivity contribution in [3.63, 3.8) is 0 Å². The first-order chi connectivity index (χ1) is 9.60. The highest BCUT2D eigenvalue weighted by atomic mass is 35.5. The van der Waals surface area contributed by atoms with Gasteiger partial charge in [-0.2, -0.15) is 0 Å². The lowest BCUT2D eigenvalue weighted by Crippen LogP contribution is -1.97. The van der Waals surface area contributed by atoms with E-state index in [1.807, 2.05) is 30.3 Å². The highest BCUT2D eigenvalue weighted by molar-refractivity contribution is 6.42. The fourth-order valence-corrected chi connectivity index (χ4v) is 2.95. The van der Waals surface area contributed by atoms with Crippen molar-refractivity contribution in [1.82, 2.24) is 0 Å². The van der Waals surface area contributed by atoms with Crippen LogP contribution in [0.5, 0.6) is 5.75 Å². The maximum atomic E-state index is 12.1. The van der Waals surface area contributed by atoms with E-state index < -0.39 is 0 Å². The zero-order valence-corrected chi connectivity index (χ0v) is 12.3. The molecule has 0 N–H and O–H groups in total. The Morgan fingerprint density at radius 1 is 1.10 bits per heavy atom. The van der Waals surface area contributed by atoms with Gasteiger partial charge in [-0.3, -0.25) is 4.79 Å². The second-order valence-electron chi connectivity index (χ2n) is 4.81. The minimum Gasteiger partial charge on any atom is -0.497 e. The summed E-state index contributed by atoms with van der Waals surface area (Å²) in [6, 6.07) is 11.1. The van der Waals surface area contributed by atoms with E-state index in [4.69, 9.17) is 27.9 Å². The maximum absolute atomic E-state index is 12.1. The summed E-state index contributed by atoms with van der Waals surface area (Å²) in [6.07, 6.45) is 0.459. The molecule has 0 heterocycles. The van der Waals surface area contributed by atoms with Crippen molar-refractivity contribution in [1.29, 1.82) is 0 Å². The van der Waals surface area contributed by atoms with Crippen LogP contribution in [0.3, 0.4) is 0 Å². The van der Waals surface area contributed by atoms with Crippen LogP contribution in [0.4, 0.5) is 0 Å². The zero-order chi connectivity index (χ0) is 14.3. The molecule has 4 heteroatoms. The van der Waals surface area contributed by atoms with E-state index in [0.717, 1.165) is 22.4 Å². The first kappa shape index (κ1) is 13.5. The Bertz CT molecular complexity index is 695. The van der Waals surface area contributed by atoms with Crippen LogP contribution >= 0.6 is 23.2 Å². The van der Waals surface area contributed by atoms with Crippen LogP contribution in [0.25, 0.3) is 0 Å². The van der Waals surface area contributed by atoms with E-state index in [2.05, 4.69) is 0 Å². The van der Waals surface area contributed by atoms with E-state index in [1.54, 1.807) is 13.2 Å². The Morgan fingerprint density at radius 3 is 2.60 bits per heavy atom. The average Bonchev–Trinajstić information content (AvgIpc) is 2.78. The van der Waals surface area contributed by atoms with Gasteiger partial charge in [-0.25, -0.2) is 0 Å². The van der Waals surface area contributed by atoms with Crippen LogP contribution < -0.4 is 4.74 Å². The van der Waals surface area contributed by atoms with Gasteiger partial charge < -0.3 is 4.74 Å². The lowest BCUT2D eigenvalue weighted by molar-refractivity contribution is 0.0991. The predicted molar refractivity (Wildman–Crippen MR) is 80.2 cm³/mol. The third-order valence-electron chi connectivity index (χ3n) is 3.67. The quantitative estimate of drug-likeness (QED) is 0.802. The molecule has 0 fully saturated rings. The topological polar surface area (TPSA) is 26.3 Å². The molecule has 0 saturated heterocycles. The molecule has 1 atom stereocenters. The van der Waals surface area contributed by atoms with Crippen LogP contribution in [-0.4, -0.2) is 12.9 Å². The van der Waals surface area contributed by atoms with Crippen molar-refractivity contribution in [3.8, 4) is 5.75 Å². The van der Waals surface area contributed by atoms with Gasteiger partial charge in [0.15, 0.2) is 5.78 Å². The average molecular weight is 307 g/mol. The molecule has 0 aromatic heterocycles. The van der Waals surface area contributed by atoms with E-state index in [-0.39, 0.29) is 11.7 Å². The zero-order valence-electron chi connectivity index (χ0n) is 10.8. The first-order valence-corrected chi connectivity index (χ1v) is 7.02. The van der Waals surface area contributed by atoms with Crippen LogP contribution in [0.2, 0.25) is 10.0 Å². The molecule has 0 unspecified atom stereocenters. The predicted octanol–water partition coefficient (Wildman–Crippen LogP) is 4.72. The van der Waals surface area contributed by atoms with Crippen molar-refractivity contribution in [3.05, 3.63) is 63.1 Å². The fourth-order valence-electron chi connectivity index (χ4n) is 2.64. The molecule has 0 aliphatic heterocycles. The molecule has 0 spiro atoms. The Hall–Kier alpha value is -1.51.